The topological polar surface area (TPSA) is 59.2 Å². The normalized spacial score (nSPS) is 9.42. The molecule has 64 valence electrons. The van der Waals surface area contributed by atoms with Crippen LogP contribution >= 0.6 is 0 Å². The lowest BCUT2D eigenvalue weighted by Crippen LogP contribution is -2.02. The molecule has 0 aromatic carbocycles. The van der Waals surface area contributed by atoms with Crippen LogP contribution in [0, 0.1) is 0 Å². The van der Waals surface area contributed by atoms with Crippen molar-refractivity contribution < 1.29 is 14.3 Å². The van der Waals surface area contributed by atoms with Crippen molar-refractivity contribution in [2.75, 3.05) is 6.61 Å². The van der Waals surface area contributed by atoms with E-state index in [4.69, 9.17) is 4.74 Å². The summed E-state index contributed by atoms with van der Waals surface area (Å²) in [6.07, 6.45) is 2.09. The van der Waals surface area contributed by atoms with Gasteiger partial charge in [0.15, 0.2) is 6.29 Å². The van der Waals surface area contributed by atoms with Gasteiger partial charge in [0.25, 0.3) is 0 Å². The summed E-state index contributed by atoms with van der Waals surface area (Å²) in [6, 6.07) is 1.45. The minimum Gasteiger partial charge on any atom is -0.462 e. The number of carbonyl (C=O) groups is 2. The highest BCUT2D eigenvalue weighted by molar-refractivity contribution is 5.91. The zero-order chi connectivity index (χ0) is 8.97. The van der Waals surface area contributed by atoms with Crippen LogP contribution in [0.4, 0.5) is 0 Å². The highest BCUT2D eigenvalue weighted by atomic mass is 16.5. The zero-order valence-electron chi connectivity index (χ0n) is 6.66. The van der Waals surface area contributed by atoms with Gasteiger partial charge < -0.3 is 9.72 Å². The molecule has 4 heteroatoms. The van der Waals surface area contributed by atoms with Gasteiger partial charge in [0, 0.05) is 6.20 Å². The van der Waals surface area contributed by atoms with Gasteiger partial charge in [-0.2, -0.15) is 0 Å². The molecule has 0 aliphatic rings. The minimum atomic E-state index is -0.415. The number of nitrogens with one attached hydrogen (secondary N) is 1. The predicted molar refractivity (Wildman–Crippen MR) is 42.1 cm³/mol. The van der Waals surface area contributed by atoms with Crippen molar-refractivity contribution in [3.63, 3.8) is 0 Å². The third-order valence-corrected chi connectivity index (χ3v) is 1.34. The number of esters is 1. The summed E-state index contributed by atoms with van der Waals surface area (Å²) in [5.41, 5.74) is 0.747. The van der Waals surface area contributed by atoms with Crippen LogP contribution < -0.4 is 0 Å². The van der Waals surface area contributed by atoms with E-state index in [0.29, 0.717) is 24.2 Å². The molecule has 0 spiro atoms. The molecule has 0 aliphatic carbocycles. The van der Waals surface area contributed by atoms with Crippen molar-refractivity contribution in [2.45, 2.75) is 6.92 Å². The van der Waals surface area contributed by atoms with Gasteiger partial charge in [0.05, 0.1) is 17.9 Å². The van der Waals surface area contributed by atoms with Gasteiger partial charge in [0.2, 0.25) is 0 Å². The van der Waals surface area contributed by atoms with Crippen LogP contribution in [0.3, 0.4) is 0 Å². The van der Waals surface area contributed by atoms with Gasteiger partial charge in [-0.3, -0.25) is 4.79 Å². The average molecular weight is 167 g/mol. The van der Waals surface area contributed by atoms with Gasteiger partial charge in [0.1, 0.15) is 0 Å². The monoisotopic (exact) mass is 167 g/mol. The van der Waals surface area contributed by atoms with Crippen molar-refractivity contribution in [1.82, 2.24) is 4.98 Å². The van der Waals surface area contributed by atoms with Crippen molar-refractivity contribution in [3.8, 4) is 0 Å². The highest BCUT2D eigenvalue weighted by Gasteiger charge is 2.07. The first kappa shape index (κ1) is 8.52. The molecule has 0 fully saturated rings. The highest BCUT2D eigenvalue weighted by Crippen LogP contribution is 2.02. The second-order valence-electron chi connectivity index (χ2n) is 2.18. The Morgan fingerprint density at radius 1 is 1.75 bits per heavy atom. The van der Waals surface area contributed by atoms with E-state index in [-0.39, 0.29) is 0 Å². The molecule has 1 rings (SSSR count). The number of H-pyrrole nitrogens is 1. The Balaban J connectivity index is 2.74. The van der Waals surface area contributed by atoms with Crippen LogP contribution in [0.25, 0.3) is 0 Å². The van der Waals surface area contributed by atoms with E-state index in [1.165, 1.54) is 12.3 Å². The van der Waals surface area contributed by atoms with Gasteiger partial charge in [-0.15, -0.1) is 0 Å². The van der Waals surface area contributed by atoms with Crippen molar-refractivity contribution in [1.29, 1.82) is 0 Å². The fourth-order valence-electron chi connectivity index (χ4n) is 0.812. The van der Waals surface area contributed by atoms with Gasteiger partial charge >= 0.3 is 5.97 Å². The molecule has 0 saturated carbocycles. The summed E-state index contributed by atoms with van der Waals surface area (Å²) >= 11 is 0. The van der Waals surface area contributed by atoms with Crippen LogP contribution in [-0.2, 0) is 4.74 Å². The van der Waals surface area contributed by atoms with Crippen LogP contribution in [0.5, 0.6) is 0 Å². The lowest BCUT2D eigenvalue weighted by molar-refractivity contribution is 0.0526. The van der Waals surface area contributed by atoms with Crippen molar-refractivity contribution in [2.24, 2.45) is 0 Å². The summed E-state index contributed by atoms with van der Waals surface area (Å²) in [6.45, 7) is 2.06. The zero-order valence-corrected chi connectivity index (χ0v) is 6.66. The third kappa shape index (κ3) is 1.72. The molecular weight excluding hydrogens is 158 g/mol. The lowest BCUT2D eigenvalue weighted by Gasteiger charge is -1.95. The number of hydrogen-bond acceptors (Lipinski definition) is 3. The first-order chi connectivity index (χ1) is 5.77. The van der Waals surface area contributed by atoms with E-state index in [1.807, 2.05) is 0 Å². The Morgan fingerprint density at radius 3 is 3.00 bits per heavy atom. The number of hydrogen-bond donors (Lipinski definition) is 1. The number of aromatic nitrogens is 1. The van der Waals surface area contributed by atoms with E-state index in [0.717, 1.165) is 0 Å². The summed E-state index contributed by atoms with van der Waals surface area (Å²) in [5, 5.41) is 0. The number of rotatable bonds is 3. The van der Waals surface area contributed by atoms with E-state index >= 15 is 0 Å². The number of carbonyl (C=O) groups excluding carboxylic acids is 2. The quantitative estimate of drug-likeness (QED) is 0.539. The fourth-order valence-corrected chi connectivity index (χ4v) is 0.812. The second kappa shape index (κ2) is 3.71. The smallest absolute Gasteiger partial charge is 0.339 e. The van der Waals surface area contributed by atoms with E-state index in [1.54, 1.807) is 6.92 Å². The van der Waals surface area contributed by atoms with E-state index in [9.17, 15) is 9.59 Å². The molecule has 0 bridgehead atoms. The number of aldehydes is 1. The molecule has 4 nitrogen and oxygen atoms in total. The third-order valence-electron chi connectivity index (χ3n) is 1.34. The summed E-state index contributed by atoms with van der Waals surface area (Å²) in [4.78, 5) is 23.9. The fraction of sp³-hybridized carbons (Fsp3) is 0.250. The van der Waals surface area contributed by atoms with Crippen LogP contribution in [0.1, 0.15) is 27.8 Å². The van der Waals surface area contributed by atoms with E-state index < -0.39 is 5.97 Å². The molecule has 1 aromatic rings. The van der Waals surface area contributed by atoms with Crippen molar-refractivity contribution >= 4 is 12.3 Å². The van der Waals surface area contributed by atoms with Crippen LogP contribution in [-0.4, -0.2) is 23.8 Å². The van der Waals surface area contributed by atoms with Crippen LogP contribution in [0.15, 0.2) is 12.3 Å². The Hall–Kier alpha value is -1.58. The average Bonchev–Trinajstić information content (AvgIpc) is 2.52. The minimum absolute atomic E-state index is 0.334. The van der Waals surface area contributed by atoms with Gasteiger partial charge in [-0.05, 0) is 13.0 Å². The molecule has 0 atom stereocenters. The second-order valence-corrected chi connectivity index (χ2v) is 2.18. The Morgan fingerprint density at radius 2 is 2.50 bits per heavy atom. The van der Waals surface area contributed by atoms with Gasteiger partial charge in [-0.1, -0.05) is 0 Å². The molecule has 0 amide bonds. The molecule has 12 heavy (non-hydrogen) atoms. The number of aromatic amines is 1. The Labute approximate surface area is 69.5 Å². The summed E-state index contributed by atoms with van der Waals surface area (Å²) < 4.78 is 4.71. The molecule has 1 N–H and O–H groups in total. The molecule has 0 aliphatic heterocycles. The van der Waals surface area contributed by atoms with Crippen molar-refractivity contribution in [3.05, 3.63) is 23.5 Å². The SMILES string of the molecule is CCOC(=O)c1c[nH]c(C=O)c1. The maximum Gasteiger partial charge on any atom is 0.339 e. The molecule has 0 unspecified atom stereocenters. The largest absolute Gasteiger partial charge is 0.462 e. The summed E-state index contributed by atoms with van der Waals surface area (Å²) in [5.74, 6) is -0.415. The standard InChI is InChI=1S/C8H9NO3/c1-2-12-8(11)6-3-7(5-10)9-4-6/h3-5,9H,2H2,1H3. The number of ether oxygens (including phenoxy) is 1. The lowest BCUT2D eigenvalue weighted by atomic mass is 10.3. The molecule has 0 saturated heterocycles. The molecular formula is C8H9NO3. The first-order valence-electron chi connectivity index (χ1n) is 3.58. The Bertz CT molecular complexity index is 290. The van der Waals surface area contributed by atoms with Crippen LogP contribution in [0.2, 0.25) is 0 Å². The van der Waals surface area contributed by atoms with Gasteiger partial charge in [-0.25, -0.2) is 4.79 Å². The first-order valence-corrected chi connectivity index (χ1v) is 3.58. The predicted octanol–water partition coefficient (Wildman–Crippen LogP) is 1.00. The maximum atomic E-state index is 11.0. The Kier molecular flexibility index (Phi) is 2.63. The summed E-state index contributed by atoms with van der Waals surface area (Å²) in [7, 11) is 0. The molecule has 1 heterocycles. The molecule has 1 aromatic heterocycles. The van der Waals surface area contributed by atoms with E-state index in [2.05, 4.69) is 4.98 Å². The maximum absolute atomic E-state index is 11.0. The molecule has 0 radical (unpaired) electrons.